The SMILES string of the molecule is C[C@@H]1C(=O)N[C@@H](CCCN=C(N)N)C(=O)N[C@@H](Cc2ccc3ccccc3c2)C(=O)N[C@H](CSCC(=O)NCc2cccc(CNC(=O)CN3CCN(CC(=O)O)CCN(CC(=O)O)CCN(CC(=O)O)CC3)c2)C(=O)N[C@H](Cc2ccc(O)cc2)C(=O)N1CCCCCCN=C(N)N. The third-order valence-corrected chi connectivity index (χ3v) is 17.7. The van der Waals surface area contributed by atoms with Crippen molar-refractivity contribution in [2.45, 2.75) is 102 Å². The van der Waals surface area contributed by atoms with Crippen LogP contribution in [0, 0.1) is 0 Å². The Kier molecular flexibility index (Phi) is 32.4. The first-order chi connectivity index (χ1) is 47.4. The minimum Gasteiger partial charge on any atom is -0.508 e. The predicted molar refractivity (Wildman–Crippen MR) is 374 cm³/mol. The number of aromatic hydroxyl groups is 1. The number of benzene rings is 4. The van der Waals surface area contributed by atoms with Crippen molar-refractivity contribution in [3.63, 3.8) is 0 Å². The van der Waals surface area contributed by atoms with Gasteiger partial charge in [-0.1, -0.05) is 91.7 Å². The fourth-order valence-electron chi connectivity index (χ4n) is 11.4. The number of amides is 7. The van der Waals surface area contributed by atoms with E-state index in [4.69, 9.17) is 22.9 Å². The van der Waals surface area contributed by atoms with E-state index < -0.39 is 83.6 Å². The third kappa shape index (κ3) is 28.8. The fourth-order valence-corrected chi connectivity index (χ4v) is 12.2. The van der Waals surface area contributed by atoms with Gasteiger partial charge in [-0.05, 0) is 77.8 Å². The summed E-state index contributed by atoms with van der Waals surface area (Å²) < 4.78 is 0. The van der Waals surface area contributed by atoms with Crippen molar-refractivity contribution >= 4 is 93.7 Å². The number of fused-ring (bicyclic) bond motifs is 1. The molecule has 7 amide bonds. The Morgan fingerprint density at radius 2 is 0.980 bits per heavy atom. The maximum absolute atomic E-state index is 15.3. The van der Waals surface area contributed by atoms with Crippen LogP contribution in [0.25, 0.3) is 10.8 Å². The van der Waals surface area contributed by atoms with Gasteiger partial charge in [-0.2, -0.15) is 0 Å². The minimum atomic E-state index is -1.44. The second-order valence-electron chi connectivity index (χ2n) is 24.6. The molecule has 32 heteroatoms. The van der Waals surface area contributed by atoms with E-state index in [1.807, 2.05) is 47.4 Å². The van der Waals surface area contributed by atoms with Crippen molar-refractivity contribution < 1.29 is 68.4 Å². The first kappa shape index (κ1) is 78.4. The van der Waals surface area contributed by atoms with Gasteiger partial charge in [-0.15, -0.1) is 11.8 Å². The van der Waals surface area contributed by atoms with Crippen LogP contribution in [0.3, 0.4) is 0 Å². The quantitative estimate of drug-likeness (QED) is 0.0155. The van der Waals surface area contributed by atoms with Crippen LogP contribution >= 0.6 is 11.8 Å². The molecule has 18 N–H and O–H groups in total. The number of nitrogens with one attached hydrogen (secondary N) is 6. The highest BCUT2D eigenvalue weighted by molar-refractivity contribution is 8.00. The molecule has 0 saturated carbocycles. The van der Waals surface area contributed by atoms with Crippen molar-refractivity contribution in [2.24, 2.45) is 32.9 Å². The van der Waals surface area contributed by atoms with Crippen molar-refractivity contribution in [3.8, 4) is 5.75 Å². The number of carboxylic acids is 3. The number of carbonyl (C=O) groups is 10. The lowest BCUT2D eigenvalue weighted by atomic mass is 10.00. The van der Waals surface area contributed by atoms with Gasteiger partial charge in [0.2, 0.25) is 41.4 Å². The molecular weight excluding hydrogens is 1300 g/mol. The number of hydrogen-bond donors (Lipinski definition) is 14. The molecule has 0 spiro atoms. The highest BCUT2D eigenvalue weighted by Gasteiger charge is 2.37. The minimum absolute atomic E-state index is 0.00544. The van der Waals surface area contributed by atoms with Gasteiger partial charge in [0.15, 0.2) is 11.9 Å². The number of hydrogen-bond acceptors (Lipinski definition) is 18. The van der Waals surface area contributed by atoms with Gasteiger partial charge in [-0.3, -0.25) is 77.5 Å². The van der Waals surface area contributed by atoms with Crippen molar-refractivity contribution in [2.75, 3.05) is 110 Å². The Morgan fingerprint density at radius 1 is 0.505 bits per heavy atom. The molecular formula is C67H95N17O14S. The Morgan fingerprint density at radius 3 is 1.56 bits per heavy atom. The summed E-state index contributed by atoms with van der Waals surface area (Å²) >= 11 is 1.02. The zero-order valence-corrected chi connectivity index (χ0v) is 56.7. The molecule has 2 fully saturated rings. The zero-order chi connectivity index (χ0) is 71.8. The van der Waals surface area contributed by atoms with Crippen LogP contribution in [-0.4, -0.2) is 256 Å². The fraction of sp³-hybridized carbons (Fsp3) is 0.493. The third-order valence-electron chi connectivity index (χ3n) is 16.7. The lowest BCUT2D eigenvalue weighted by Gasteiger charge is -2.33. The van der Waals surface area contributed by atoms with Gasteiger partial charge in [-0.25, -0.2) is 0 Å². The summed E-state index contributed by atoms with van der Waals surface area (Å²) in [6, 6.07) is 19.6. The smallest absolute Gasteiger partial charge is 0.317 e. The lowest BCUT2D eigenvalue weighted by Crippen LogP contribution is -2.59. The summed E-state index contributed by atoms with van der Waals surface area (Å²) in [6.07, 6.45) is 2.34. The first-order valence-electron chi connectivity index (χ1n) is 33.0. The number of aliphatic carboxylic acids is 3. The zero-order valence-electron chi connectivity index (χ0n) is 55.9. The van der Waals surface area contributed by atoms with Crippen LogP contribution in [0.1, 0.15) is 67.7 Å². The van der Waals surface area contributed by atoms with Gasteiger partial charge in [0.1, 0.15) is 36.0 Å². The Hall–Kier alpha value is -9.63. The summed E-state index contributed by atoms with van der Waals surface area (Å²) in [5.74, 6) is -8.40. The number of aliphatic imine (C=N–C) groups is 2. The summed E-state index contributed by atoms with van der Waals surface area (Å²) in [4.78, 5) is 153. The van der Waals surface area contributed by atoms with Gasteiger partial charge in [0.05, 0.1) is 31.9 Å². The molecule has 0 bridgehead atoms. The summed E-state index contributed by atoms with van der Waals surface area (Å²) in [7, 11) is 0. The number of unbranched alkanes of at least 4 members (excludes halogenated alkanes) is 3. The number of phenols is 1. The molecule has 2 heterocycles. The van der Waals surface area contributed by atoms with Crippen LogP contribution in [0.5, 0.6) is 5.75 Å². The molecule has 0 radical (unpaired) electrons. The van der Waals surface area contributed by atoms with Crippen LogP contribution < -0.4 is 54.8 Å². The van der Waals surface area contributed by atoms with E-state index in [9.17, 15) is 58.8 Å². The van der Waals surface area contributed by atoms with Crippen LogP contribution in [0.15, 0.2) is 101 Å². The molecule has 5 atom stereocenters. The molecule has 2 saturated heterocycles. The number of thioether (sulfide) groups is 1. The molecule has 2 aliphatic heterocycles. The molecule has 99 heavy (non-hydrogen) atoms. The number of rotatable bonds is 31. The molecule has 0 unspecified atom stereocenters. The Bertz CT molecular complexity index is 3420. The molecule has 4 aromatic rings. The van der Waals surface area contributed by atoms with Gasteiger partial charge in [0.25, 0.3) is 0 Å². The van der Waals surface area contributed by atoms with E-state index in [0.717, 1.165) is 22.5 Å². The predicted octanol–water partition coefficient (Wildman–Crippen LogP) is -1.47. The van der Waals surface area contributed by atoms with Crippen molar-refractivity contribution in [1.82, 2.24) is 56.4 Å². The highest BCUT2D eigenvalue weighted by atomic mass is 32.2. The highest BCUT2D eigenvalue weighted by Crippen LogP contribution is 2.20. The average Bonchev–Trinajstić information content (AvgIpc) is 1.67. The normalized spacial score (nSPS) is 19.3. The van der Waals surface area contributed by atoms with Crippen LogP contribution in [-0.2, 0) is 73.9 Å². The van der Waals surface area contributed by atoms with Crippen LogP contribution in [0.4, 0.5) is 0 Å². The molecule has 6 rings (SSSR count). The maximum atomic E-state index is 15.3. The molecule has 4 aromatic carbocycles. The number of nitrogens with two attached hydrogens (primary N) is 4. The van der Waals surface area contributed by atoms with Crippen molar-refractivity contribution in [1.29, 1.82) is 0 Å². The Labute approximate surface area is 579 Å². The molecule has 0 aromatic heterocycles. The summed E-state index contributed by atoms with van der Waals surface area (Å²) in [5, 5.41) is 58.0. The van der Waals surface area contributed by atoms with Gasteiger partial charge >= 0.3 is 17.9 Å². The molecule has 0 aliphatic carbocycles. The number of carbonyl (C=O) groups excluding carboxylic acids is 7. The summed E-state index contributed by atoms with van der Waals surface area (Å²) in [5.41, 5.74) is 24.8. The largest absolute Gasteiger partial charge is 0.508 e. The second kappa shape index (κ2) is 40.9. The molecule has 538 valence electrons. The second-order valence-corrected chi connectivity index (χ2v) is 25.6. The van der Waals surface area contributed by atoms with E-state index in [1.165, 1.54) is 24.0 Å². The first-order valence-corrected chi connectivity index (χ1v) is 34.2. The Balaban J connectivity index is 1.20. The average molecular weight is 1390 g/mol. The number of nitrogens with zero attached hydrogens (tertiary/aromatic N) is 7. The van der Waals surface area contributed by atoms with E-state index in [2.05, 4.69) is 41.9 Å². The van der Waals surface area contributed by atoms with Gasteiger partial charge < -0.3 is 80.2 Å². The van der Waals surface area contributed by atoms with Gasteiger partial charge in [0, 0.05) is 104 Å². The van der Waals surface area contributed by atoms with E-state index in [1.54, 1.807) is 51.1 Å². The van der Waals surface area contributed by atoms with E-state index in [-0.39, 0.29) is 165 Å². The molecule has 31 nitrogen and oxygen atoms in total. The summed E-state index contributed by atoms with van der Waals surface area (Å²) in [6.45, 7) is 3.06. The molecule has 2 aliphatic rings. The number of phenolic OH excluding ortho intramolecular Hbond substituents is 1. The number of guanidine groups is 2. The van der Waals surface area contributed by atoms with E-state index in [0.29, 0.717) is 54.5 Å². The lowest BCUT2D eigenvalue weighted by molar-refractivity contribution is -0.143. The number of carboxylic acid groups (broad SMARTS) is 3. The topological polar surface area (TPSA) is 469 Å². The van der Waals surface area contributed by atoms with Crippen molar-refractivity contribution in [3.05, 3.63) is 113 Å². The van der Waals surface area contributed by atoms with E-state index >= 15 is 9.59 Å². The monoisotopic (exact) mass is 1390 g/mol. The standard InChI is InChI=1S/C67H95N17O14S/c1-44-61(94)76-52(14-9-22-73-67(70)71)62(95)77-53(35-46-15-18-49-12-4-5-13-50(49)33-46)63(96)79-55(64(97)78-54(34-45-16-19-51(85)20-17-45)65(98)84(44)23-7-3-2-6-21-72-66(68)69)42-99-43-57(87)75-37-48-11-8-10-47(32-48)36-74-56(86)38-80-24-26-81(39-58(88)89)28-30-83(41-60(92)93)31-29-82(27-25-80)40-59(90)91/h4-5,8,10-13,15-20,32-33,44,52-55,85H,2-3,6-7,9,14,21-31,34-43H2,1H3,(H,74,86)(H,75,87)(H,76,94)(H,77,95)(H,78,97)(H,79,96)(H,88,89)(H,90,91)(H,92,93)(H4,68,69,72)(H4,70,71,73)/t44-,52+,53+,54-,55-/m1/s1. The maximum Gasteiger partial charge on any atom is 0.317 e. The van der Waals surface area contributed by atoms with Crippen LogP contribution in [0.2, 0.25) is 0 Å².